The summed E-state index contributed by atoms with van der Waals surface area (Å²) in [5, 5.41) is 22.8. The molecule has 1 saturated heterocycles. The number of rotatable bonds is 6. The van der Waals surface area contributed by atoms with Gasteiger partial charge in [0.15, 0.2) is 5.78 Å². The molecule has 1 aliphatic heterocycles. The number of aliphatic hydroxyl groups is 2. The van der Waals surface area contributed by atoms with Gasteiger partial charge < -0.3 is 16.4 Å². The minimum Gasteiger partial charge on any atom is -1.00 e. The van der Waals surface area contributed by atoms with Crippen LogP contribution in [0.25, 0.3) is 0 Å². The molecule has 0 spiro atoms. The van der Waals surface area contributed by atoms with Crippen LogP contribution in [0.5, 0.6) is 0 Å². The van der Waals surface area contributed by atoms with Gasteiger partial charge in [-0.05, 0) is 236 Å². The number of ether oxygens (including phenoxy) is 1. The molecule has 2 N–H and O–H groups in total. The molecule has 2 aromatic rings. The Bertz CT molecular complexity index is 2110. The van der Waals surface area contributed by atoms with E-state index in [2.05, 4.69) is 77.5 Å². The monoisotopic (exact) mass is 1130 g/mol. The Labute approximate surface area is 486 Å². The van der Waals surface area contributed by atoms with E-state index in [4.69, 9.17) is 9.57 Å². The number of hydroxylamine groups is 2. The van der Waals surface area contributed by atoms with Crippen molar-refractivity contribution < 1.29 is 30.8 Å². The molecule has 0 bridgehead atoms. The molecule has 8 saturated carbocycles. The van der Waals surface area contributed by atoms with Gasteiger partial charge in [-0.3, -0.25) is 14.4 Å². The van der Waals surface area contributed by atoms with Crippen LogP contribution in [-0.4, -0.2) is 101 Å². The zero-order valence-corrected chi connectivity index (χ0v) is 51.6. The van der Waals surface area contributed by atoms with Crippen LogP contribution in [0.3, 0.4) is 0 Å². The van der Waals surface area contributed by atoms with Crippen molar-refractivity contribution in [2.45, 2.75) is 198 Å². The van der Waals surface area contributed by atoms with E-state index in [9.17, 15) is 19.8 Å². The van der Waals surface area contributed by atoms with Crippen LogP contribution in [-0.2, 0) is 14.4 Å². The van der Waals surface area contributed by atoms with Crippen LogP contribution >= 0.6 is 40.5 Å². The van der Waals surface area contributed by atoms with Crippen LogP contribution in [0.4, 0.5) is 0 Å². The van der Waals surface area contributed by atoms with Crippen molar-refractivity contribution in [2.24, 2.45) is 80.8 Å². The van der Waals surface area contributed by atoms with Crippen LogP contribution in [0, 0.1) is 86.9 Å². The van der Waals surface area contributed by atoms with Crippen LogP contribution in [0.15, 0.2) is 58.3 Å². The maximum Gasteiger partial charge on any atom is 2.00 e. The molecule has 0 aromatic heterocycles. The van der Waals surface area contributed by atoms with Gasteiger partial charge >= 0.3 is 23.1 Å². The van der Waals surface area contributed by atoms with E-state index in [0.717, 1.165) is 81.0 Å². The number of carbonyl (C=O) groups is 2. The second-order valence-corrected chi connectivity index (χ2v) is 27.7. The van der Waals surface area contributed by atoms with Crippen molar-refractivity contribution in [3.05, 3.63) is 60.2 Å². The van der Waals surface area contributed by atoms with Gasteiger partial charge in [-0.1, -0.05) is 47.3 Å². The molecule has 7 nitrogen and oxygen atoms in total. The number of nitrogens with zero attached hydrogens (tertiary/aromatic N) is 1. The Hall–Kier alpha value is -0.634. The Kier molecular flexibility index (Phi) is 22.8. The fourth-order valence-corrected chi connectivity index (χ4v) is 18.8. The molecule has 0 unspecified atom stereocenters. The standard InChI is InChI=1S/C28H40O2S.C23H39NO3.C7H7S.C4H8O.CH4.BrH.Mg.H/c1-26(30)15-16-27(2)19(17-26)7-10-21-22-11-12-24(28(22,3)14-13-23(21)27)25(29)18-5-8-20(31-4)9-6-18;1-21(26)12-13-22(2)15(14-21)6-7-16-17-8-9-19(20(25)24(4)27-5)23(17,3)11-10-18(16)22;1-8-7-5-3-2-4-6-7;1-2-4-5-3-1;;;;/h5-6,8-9,19,21-24,30H,7,10-17H2,1-4H3;15-19,26H,6-14H2,1-5H3;3-6H,1H3;1-4H2;1H4;1H;;/q;;-1;;;;+2;-1/t19-,21+,22+,23+,24-,26-,27+,28+;15-,16+,17+,18+,19-,21-,22+,23+;;;;;;/m11....../s1. The van der Waals surface area contributed by atoms with Gasteiger partial charge in [0.1, 0.15) is 0 Å². The summed E-state index contributed by atoms with van der Waals surface area (Å²) in [6.07, 6.45) is 27.5. The Morgan fingerprint density at radius 3 is 1.47 bits per heavy atom. The first-order valence-corrected chi connectivity index (χ1v) is 30.7. The van der Waals surface area contributed by atoms with Gasteiger partial charge in [0.2, 0.25) is 5.91 Å². The Morgan fingerprint density at radius 2 is 1.05 bits per heavy atom. The summed E-state index contributed by atoms with van der Waals surface area (Å²) in [7, 11) is 3.34. The van der Waals surface area contributed by atoms with Crippen molar-refractivity contribution in [1.82, 2.24) is 5.06 Å². The van der Waals surface area contributed by atoms with Gasteiger partial charge in [-0.25, -0.2) is 5.06 Å². The number of carbonyl (C=O) groups excluding carboxylic acids is 2. The minimum absolute atomic E-state index is 0. The number of halogens is 1. The number of ketones is 1. The second kappa shape index (κ2) is 26.3. The zero-order valence-electron chi connectivity index (χ0n) is 47.9. The molecular formula is C63H100BrMgNO6S2. The number of amides is 1. The predicted molar refractivity (Wildman–Crippen MR) is 315 cm³/mol. The number of thioether (sulfide) groups is 2. The summed E-state index contributed by atoms with van der Waals surface area (Å²) in [4.78, 5) is 34.3. The van der Waals surface area contributed by atoms with Gasteiger partial charge in [0, 0.05) is 42.6 Å². The molecule has 11 heteroatoms. The maximum absolute atomic E-state index is 13.6. The molecule has 414 valence electrons. The summed E-state index contributed by atoms with van der Waals surface area (Å²) >= 11 is 3.48. The first-order valence-electron chi connectivity index (χ1n) is 28.3. The number of benzene rings is 2. The molecule has 11 rings (SSSR count). The summed E-state index contributed by atoms with van der Waals surface area (Å²) in [5.41, 5.74) is 1.07. The smallest absolute Gasteiger partial charge is 1.00 e. The van der Waals surface area contributed by atoms with Gasteiger partial charge in [-0.15, -0.1) is 33.6 Å². The van der Waals surface area contributed by atoms with Crippen LogP contribution < -0.4 is 0 Å². The topological polar surface area (TPSA) is 96.3 Å². The fraction of sp³-hybridized carbons (Fsp3) is 0.778. The van der Waals surface area contributed by atoms with E-state index < -0.39 is 11.2 Å². The maximum atomic E-state index is 13.6. The van der Waals surface area contributed by atoms with Crippen molar-refractivity contribution in [2.75, 3.05) is 39.9 Å². The average molecular weight is 1140 g/mol. The first kappa shape index (κ1) is 64.2. The number of fused-ring (bicyclic) bond motifs is 10. The SMILES string of the molecule is Br.C.C1CCOC1.CON(C)C(=O)[C@H]1CC[C@H]2[C@@H]3CC[C@@H]4C[C@](C)(O)CC[C@]4(C)[C@H]3CC[C@]12C.CSc1cc[c-]cc1.CSc1ccc(C(=O)[C@H]2CC[C@H]3[C@@H]4CC[C@@H]5C[C@](C)(O)CC[C@]5(C)[C@H]4CC[C@]23C)cc1.[H-].[Mg+2]. The van der Waals surface area contributed by atoms with Crippen molar-refractivity contribution in [3.63, 3.8) is 0 Å². The molecule has 9 aliphatic rings. The first-order chi connectivity index (χ1) is 33.7. The third kappa shape index (κ3) is 13.1. The largest absolute Gasteiger partial charge is 2.00 e. The van der Waals surface area contributed by atoms with E-state index in [1.807, 2.05) is 31.2 Å². The Balaban J connectivity index is 0.000000251. The summed E-state index contributed by atoms with van der Waals surface area (Å²) in [6.45, 7) is 16.0. The third-order valence-electron chi connectivity index (χ3n) is 22.2. The number of Topliss-reactive ketones (excluding diaryl/α,β-unsaturated/α-hetero) is 1. The van der Waals surface area contributed by atoms with E-state index in [1.54, 1.807) is 37.7 Å². The second-order valence-electron chi connectivity index (χ2n) is 25.9. The molecule has 16 atom stereocenters. The number of hydrogen-bond donors (Lipinski definition) is 2. The van der Waals surface area contributed by atoms with Gasteiger partial charge in [-0.2, -0.15) is 42.1 Å². The summed E-state index contributed by atoms with van der Waals surface area (Å²) in [5.74, 6) is 6.71. The summed E-state index contributed by atoms with van der Waals surface area (Å²) in [6, 6.07) is 19.2. The van der Waals surface area contributed by atoms with Crippen molar-refractivity contribution in [3.8, 4) is 0 Å². The predicted octanol–water partition coefficient (Wildman–Crippen LogP) is 15.4. The fourth-order valence-electron chi connectivity index (χ4n) is 18.0. The van der Waals surface area contributed by atoms with E-state index in [0.29, 0.717) is 40.3 Å². The van der Waals surface area contributed by atoms with Gasteiger partial charge in [0.05, 0.1) is 18.3 Å². The zero-order chi connectivity index (χ0) is 51.0. The quantitative estimate of drug-likeness (QED) is 0.0971. The molecular weight excluding hydrogens is 1040 g/mol. The average Bonchev–Trinajstić information content (AvgIpc) is 4.15. The van der Waals surface area contributed by atoms with Crippen LogP contribution in [0.1, 0.15) is 189 Å². The minimum atomic E-state index is -0.462. The molecule has 1 heterocycles. The normalized spacial score (nSPS) is 41.1. The van der Waals surface area contributed by atoms with Crippen LogP contribution in [0.2, 0.25) is 0 Å². The Morgan fingerprint density at radius 1 is 0.622 bits per heavy atom. The molecule has 0 radical (unpaired) electrons. The van der Waals surface area contributed by atoms with E-state index >= 15 is 0 Å². The van der Waals surface area contributed by atoms with Gasteiger partial charge in [0.25, 0.3) is 0 Å². The van der Waals surface area contributed by atoms with E-state index in [1.165, 1.54) is 105 Å². The molecule has 74 heavy (non-hydrogen) atoms. The molecule has 1 amide bonds. The summed E-state index contributed by atoms with van der Waals surface area (Å²) < 4.78 is 4.94. The van der Waals surface area contributed by atoms with E-state index in [-0.39, 0.29) is 77.5 Å². The molecule has 8 aliphatic carbocycles. The molecule has 2 aromatic carbocycles. The number of hydrogen-bond acceptors (Lipinski definition) is 8. The van der Waals surface area contributed by atoms with Crippen molar-refractivity contribution >= 4 is 75.2 Å². The molecule has 9 fully saturated rings. The van der Waals surface area contributed by atoms with Crippen molar-refractivity contribution in [1.29, 1.82) is 0 Å². The third-order valence-corrected chi connectivity index (χ3v) is 23.7.